The van der Waals surface area contributed by atoms with Crippen LogP contribution >= 0.6 is 0 Å². The van der Waals surface area contributed by atoms with Crippen molar-refractivity contribution < 1.29 is 13.2 Å². The fourth-order valence-electron chi connectivity index (χ4n) is 2.89. The van der Waals surface area contributed by atoms with Gasteiger partial charge in [0.1, 0.15) is 5.82 Å². The summed E-state index contributed by atoms with van der Waals surface area (Å²) < 4.78 is 38.5. The summed E-state index contributed by atoms with van der Waals surface area (Å²) in [7, 11) is 0. The first-order valence-corrected chi connectivity index (χ1v) is 7.47. The fraction of sp³-hybridized carbons (Fsp3) is 0.667. The number of hydrogen-bond acceptors (Lipinski definition) is 3. The van der Waals surface area contributed by atoms with E-state index >= 15 is 0 Å². The lowest BCUT2D eigenvalue weighted by Gasteiger charge is -2.37. The van der Waals surface area contributed by atoms with Gasteiger partial charge in [0.25, 0.3) is 0 Å². The van der Waals surface area contributed by atoms with Gasteiger partial charge in [0.15, 0.2) is 0 Å². The summed E-state index contributed by atoms with van der Waals surface area (Å²) in [6, 6.07) is 2.63. The Morgan fingerprint density at radius 2 is 1.95 bits per heavy atom. The van der Waals surface area contributed by atoms with Gasteiger partial charge in [-0.25, -0.2) is 4.98 Å². The lowest BCUT2D eigenvalue weighted by Crippen LogP contribution is -2.42. The zero-order chi connectivity index (χ0) is 15.5. The van der Waals surface area contributed by atoms with Crippen LogP contribution in [0.15, 0.2) is 18.3 Å². The van der Waals surface area contributed by atoms with E-state index in [-0.39, 0.29) is 12.1 Å². The minimum absolute atomic E-state index is 0.221. The van der Waals surface area contributed by atoms with Crippen molar-refractivity contribution in [3.8, 4) is 0 Å². The third-order valence-corrected chi connectivity index (χ3v) is 4.01. The van der Waals surface area contributed by atoms with E-state index in [0.717, 1.165) is 44.2 Å². The molecule has 6 heteroatoms. The number of anilines is 1. The van der Waals surface area contributed by atoms with Crippen LogP contribution in [-0.4, -0.2) is 23.6 Å². The molecule has 0 aliphatic heterocycles. The number of alkyl halides is 3. The molecule has 0 atom stereocenters. The summed E-state index contributed by atoms with van der Waals surface area (Å²) in [5.41, 5.74) is 5.27. The number of hydrogen-bond donors (Lipinski definition) is 1. The molecule has 1 aliphatic rings. The number of rotatable bonds is 4. The first-order chi connectivity index (χ1) is 9.91. The molecule has 1 fully saturated rings. The van der Waals surface area contributed by atoms with Gasteiger partial charge in [0.05, 0.1) is 5.56 Å². The van der Waals surface area contributed by atoms with Gasteiger partial charge < -0.3 is 10.6 Å². The van der Waals surface area contributed by atoms with Crippen molar-refractivity contribution >= 4 is 5.82 Å². The molecule has 1 saturated carbocycles. The lowest BCUT2D eigenvalue weighted by atomic mass is 9.90. The Balaban J connectivity index is 2.21. The topological polar surface area (TPSA) is 42.2 Å². The van der Waals surface area contributed by atoms with Gasteiger partial charge in [0, 0.05) is 24.8 Å². The average molecular weight is 301 g/mol. The van der Waals surface area contributed by atoms with Crippen LogP contribution in [0.25, 0.3) is 0 Å². The average Bonchev–Trinajstić information content (AvgIpc) is 2.45. The standard InChI is InChI=1S/C15H22F3N3/c1-2-9-21(13-5-3-12(19)4-6-13)14-10-11(7-8-20-14)15(16,17)18/h7-8,10,12-13H,2-6,9,19H2,1H3. The largest absolute Gasteiger partial charge is 0.416 e. The van der Waals surface area contributed by atoms with Crippen molar-refractivity contribution in [1.29, 1.82) is 0 Å². The fourth-order valence-corrected chi connectivity index (χ4v) is 2.89. The highest BCUT2D eigenvalue weighted by Crippen LogP contribution is 2.32. The third kappa shape index (κ3) is 4.09. The maximum absolute atomic E-state index is 12.8. The van der Waals surface area contributed by atoms with E-state index < -0.39 is 11.7 Å². The van der Waals surface area contributed by atoms with Crippen molar-refractivity contribution in [3.05, 3.63) is 23.9 Å². The Bertz CT molecular complexity index is 454. The predicted octanol–water partition coefficient (Wildman–Crippen LogP) is 3.59. The Labute approximate surface area is 123 Å². The van der Waals surface area contributed by atoms with Crippen LogP contribution in [0.4, 0.5) is 19.0 Å². The number of aromatic nitrogens is 1. The molecule has 118 valence electrons. The van der Waals surface area contributed by atoms with E-state index in [0.29, 0.717) is 12.4 Å². The van der Waals surface area contributed by atoms with Gasteiger partial charge in [-0.15, -0.1) is 0 Å². The molecule has 1 aromatic rings. The second-order valence-electron chi connectivity index (χ2n) is 5.66. The van der Waals surface area contributed by atoms with Crippen LogP contribution in [0.5, 0.6) is 0 Å². The van der Waals surface area contributed by atoms with E-state index in [2.05, 4.69) is 4.98 Å². The Morgan fingerprint density at radius 1 is 1.29 bits per heavy atom. The highest BCUT2D eigenvalue weighted by atomic mass is 19.4. The van der Waals surface area contributed by atoms with Crippen LogP contribution in [0.1, 0.15) is 44.6 Å². The van der Waals surface area contributed by atoms with E-state index in [1.165, 1.54) is 6.20 Å². The zero-order valence-electron chi connectivity index (χ0n) is 12.2. The molecular weight excluding hydrogens is 279 g/mol. The van der Waals surface area contributed by atoms with Crippen LogP contribution in [0, 0.1) is 0 Å². The van der Waals surface area contributed by atoms with Crippen molar-refractivity contribution in [2.75, 3.05) is 11.4 Å². The molecule has 0 unspecified atom stereocenters. The lowest BCUT2D eigenvalue weighted by molar-refractivity contribution is -0.137. The Hall–Kier alpha value is -1.30. The second-order valence-corrected chi connectivity index (χ2v) is 5.66. The molecule has 1 heterocycles. The summed E-state index contributed by atoms with van der Waals surface area (Å²) in [4.78, 5) is 6.18. The van der Waals surface area contributed by atoms with Gasteiger partial charge >= 0.3 is 6.18 Å². The monoisotopic (exact) mass is 301 g/mol. The summed E-state index contributed by atoms with van der Waals surface area (Å²) >= 11 is 0. The van der Waals surface area contributed by atoms with Crippen molar-refractivity contribution in [2.45, 2.75) is 57.3 Å². The summed E-state index contributed by atoms with van der Waals surface area (Å²) in [5, 5.41) is 0. The van der Waals surface area contributed by atoms with Gasteiger partial charge in [-0.05, 0) is 44.2 Å². The molecule has 0 radical (unpaired) electrons. The summed E-state index contributed by atoms with van der Waals surface area (Å²) in [6.07, 6.45) is 1.46. The number of nitrogens with two attached hydrogens (primary N) is 1. The molecule has 0 aromatic carbocycles. The molecule has 1 aliphatic carbocycles. The van der Waals surface area contributed by atoms with Crippen molar-refractivity contribution in [2.24, 2.45) is 5.73 Å². The Kier molecular flexibility index (Phi) is 5.08. The maximum Gasteiger partial charge on any atom is 0.416 e. The molecular formula is C15H22F3N3. The number of pyridine rings is 1. The highest BCUT2D eigenvalue weighted by Gasteiger charge is 2.32. The van der Waals surface area contributed by atoms with Gasteiger partial charge in [-0.3, -0.25) is 0 Å². The molecule has 0 spiro atoms. The molecule has 0 amide bonds. The van der Waals surface area contributed by atoms with Crippen LogP contribution < -0.4 is 10.6 Å². The van der Waals surface area contributed by atoms with Crippen LogP contribution in [0.3, 0.4) is 0 Å². The first-order valence-electron chi connectivity index (χ1n) is 7.47. The Morgan fingerprint density at radius 3 is 2.52 bits per heavy atom. The van der Waals surface area contributed by atoms with Gasteiger partial charge in [-0.1, -0.05) is 6.92 Å². The zero-order valence-corrected chi connectivity index (χ0v) is 12.2. The quantitative estimate of drug-likeness (QED) is 0.924. The van der Waals surface area contributed by atoms with E-state index in [4.69, 9.17) is 5.73 Å². The van der Waals surface area contributed by atoms with Crippen LogP contribution in [0.2, 0.25) is 0 Å². The molecule has 2 N–H and O–H groups in total. The van der Waals surface area contributed by atoms with Crippen molar-refractivity contribution in [1.82, 2.24) is 4.98 Å². The van der Waals surface area contributed by atoms with Gasteiger partial charge in [-0.2, -0.15) is 13.2 Å². The van der Waals surface area contributed by atoms with E-state index in [1.807, 2.05) is 11.8 Å². The molecule has 21 heavy (non-hydrogen) atoms. The van der Waals surface area contributed by atoms with Crippen molar-refractivity contribution in [3.63, 3.8) is 0 Å². The normalized spacial score (nSPS) is 23.1. The second kappa shape index (κ2) is 6.64. The number of nitrogens with zero attached hydrogens (tertiary/aromatic N) is 2. The molecule has 3 nitrogen and oxygen atoms in total. The van der Waals surface area contributed by atoms with Gasteiger partial charge in [0.2, 0.25) is 0 Å². The summed E-state index contributed by atoms with van der Waals surface area (Å²) in [6.45, 7) is 2.74. The smallest absolute Gasteiger partial charge is 0.354 e. The first kappa shape index (κ1) is 16.1. The molecule has 1 aromatic heterocycles. The minimum Gasteiger partial charge on any atom is -0.354 e. The minimum atomic E-state index is -4.33. The number of halogens is 3. The maximum atomic E-state index is 12.8. The molecule has 2 rings (SSSR count). The highest BCUT2D eigenvalue weighted by molar-refractivity contribution is 5.43. The summed E-state index contributed by atoms with van der Waals surface area (Å²) in [5.74, 6) is 0.423. The molecule has 0 saturated heterocycles. The van der Waals surface area contributed by atoms with E-state index in [1.54, 1.807) is 0 Å². The molecule has 0 bridgehead atoms. The predicted molar refractivity (Wildman–Crippen MR) is 77.1 cm³/mol. The SMILES string of the molecule is CCCN(c1cc(C(F)(F)F)ccn1)C1CCC(N)CC1. The van der Waals surface area contributed by atoms with Crippen LogP contribution in [-0.2, 0) is 6.18 Å². The van der Waals surface area contributed by atoms with E-state index in [9.17, 15) is 13.2 Å². The third-order valence-electron chi connectivity index (χ3n) is 4.01.